The van der Waals surface area contributed by atoms with Crippen LogP contribution in [-0.4, -0.2) is 22.3 Å². The molecule has 0 fully saturated rings. The van der Waals surface area contributed by atoms with Gasteiger partial charge in [-0.1, -0.05) is 0 Å². The van der Waals surface area contributed by atoms with Crippen molar-refractivity contribution < 1.29 is 30.7 Å². The van der Waals surface area contributed by atoms with Crippen molar-refractivity contribution in [1.82, 2.24) is 15.3 Å². The van der Waals surface area contributed by atoms with Crippen molar-refractivity contribution in [2.75, 3.05) is 0 Å². The Morgan fingerprint density at radius 3 is 2.60 bits per heavy atom. The maximum atomic E-state index is 9.98. The van der Waals surface area contributed by atoms with Gasteiger partial charge in [-0.2, -0.15) is 6.42 Å². The van der Waals surface area contributed by atoms with Gasteiger partial charge in [-0.05, 0) is 18.8 Å². The largest absolute Gasteiger partial charge is 0.464 e. The minimum atomic E-state index is -0.407. The predicted molar refractivity (Wildman–Crippen MR) is 49.4 cm³/mol. The molecule has 1 rings (SSSR count). The summed E-state index contributed by atoms with van der Waals surface area (Å²) in [6.07, 6.45) is 7.10. The molecule has 0 bridgehead atoms. The van der Waals surface area contributed by atoms with Gasteiger partial charge in [-0.3, -0.25) is 4.98 Å². The fourth-order valence-electron chi connectivity index (χ4n) is 0.447. The standard InChI is InChI=1S/C5H5N2.C4H5NO2.W/c1-5-4-6-2-3-7-5;1-2-4(7)5-3-6;/h3-4H,1H3;1-2H2,(H,5,6,7);/q-1;-2;. The normalized spacial score (nSPS) is 7.60. The molecule has 0 aliphatic rings. The number of imide groups is 1. The third kappa shape index (κ3) is 10.8. The molecule has 0 unspecified atom stereocenters. The van der Waals surface area contributed by atoms with E-state index < -0.39 is 5.91 Å². The van der Waals surface area contributed by atoms with Gasteiger partial charge in [-0.15, -0.1) is 12.4 Å². The Kier molecular flexibility index (Phi) is 12.0. The van der Waals surface area contributed by atoms with Crippen LogP contribution in [0.4, 0.5) is 0 Å². The van der Waals surface area contributed by atoms with Crippen LogP contribution in [-0.2, 0) is 30.7 Å². The Labute approximate surface area is 103 Å². The van der Waals surface area contributed by atoms with Gasteiger partial charge in [0.2, 0.25) is 0 Å². The smallest absolute Gasteiger partial charge is 0.0713 e. The molecule has 0 saturated heterocycles. The molecule has 5 nitrogen and oxygen atoms in total. The topological polar surface area (TPSA) is 72.0 Å². The van der Waals surface area contributed by atoms with Crippen molar-refractivity contribution in [3.8, 4) is 0 Å². The minimum absolute atomic E-state index is 0. The fourth-order valence-corrected chi connectivity index (χ4v) is 0.447. The van der Waals surface area contributed by atoms with Gasteiger partial charge in [0.15, 0.2) is 0 Å². The van der Waals surface area contributed by atoms with Crippen LogP contribution >= 0.6 is 0 Å². The first-order chi connectivity index (χ1) is 6.70. The molecule has 82 valence electrons. The van der Waals surface area contributed by atoms with Gasteiger partial charge in [0.1, 0.15) is 0 Å². The number of aromatic nitrogens is 2. The molecule has 1 heterocycles. The second kappa shape index (κ2) is 11.0. The van der Waals surface area contributed by atoms with E-state index in [1.165, 1.54) is 6.41 Å². The van der Waals surface area contributed by atoms with Gasteiger partial charge in [0.25, 0.3) is 0 Å². The molecule has 0 radical (unpaired) electrons. The molecule has 2 amide bonds. The number of nitrogens with one attached hydrogen (secondary N) is 1. The molecule has 6 heteroatoms. The van der Waals surface area contributed by atoms with Crippen LogP contribution in [0.2, 0.25) is 0 Å². The van der Waals surface area contributed by atoms with E-state index in [0.29, 0.717) is 0 Å². The van der Waals surface area contributed by atoms with Crippen LogP contribution in [0.25, 0.3) is 0 Å². The number of rotatable bonds is 2. The van der Waals surface area contributed by atoms with E-state index in [1.54, 1.807) is 17.7 Å². The van der Waals surface area contributed by atoms with E-state index in [1.807, 2.05) is 6.92 Å². The van der Waals surface area contributed by atoms with Crippen molar-refractivity contribution in [1.29, 1.82) is 0 Å². The Morgan fingerprint density at radius 2 is 2.40 bits per heavy atom. The zero-order valence-electron chi connectivity index (χ0n) is 8.19. The van der Waals surface area contributed by atoms with Crippen LogP contribution in [0.3, 0.4) is 0 Å². The monoisotopic (exact) mass is 376 g/mol. The number of aryl methyl sites for hydroxylation is 1. The molecule has 0 aliphatic heterocycles. The number of nitrogens with zero attached hydrogens (tertiary/aromatic N) is 2. The number of carbonyl (C=O) groups is 1. The third-order valence-electron chi connectivity index (χ3n) is 1.07. The molecule has 0 spiro atoms. The van der Waals surface area contributed by atoms with Crippen molar-refractivity contribution in [2.45, 2.75) is 13.3 Å². The third-order valence-corrected chi connectivity index (χ3v) is 1.07. The summed E-state index contributed by atoms with van der Waals surface area (Å²) in [7, 11) is 0. The molecule has 1 aromatic heterocycles. The summed E-state index contributed by atoms with van der Waals surface area (Å²) >= 11 is 0. The Hall–Kier alpha value is -1.09. The fraction of sp³-hybridized carbons (Fsp3) is 0.222. The van der Waals surface area contributed by atoms with Gasteiger partial charge >= 0.3 is 0 Å². The predicted octanol–water partition coefficient (Wildman–Crippen LogP) is -0.0233. The van der Waals surface area contributed by atoms with Gasteiger partial charge in [0.05, 0.1) is 6.41 Å². The van der Waals surface area contributed by atoms with Gasteiger partial charge in [-0.25, -0.2) is 0 Å². The average Bonchev–Trinajstić information content (AvgIpc) is 2.20. The summed E-state index contributed by atoms with van der Waals surface area (Å²) in [5.74, 6) is -0.407. The van der Waals surface area contributed by atoms with E-state index in [-0.39, 0.29) is 27.5 Å². The number of hydrogen-bond acceptors (Lipinski definition) is 4. The first-order valence-corrected chi connectivity index (χ1v) is 3.80. The van der Waals surface area contributed by atoms with Crippen LogP contribution in [0.5, 0.6) is 0 Å². The van der Waals surface area contributed by atoms with Crippen LogP contribution < -0.4 is 5.32 Å². The summed E-state index contributed by atoms with van der Waals surface area (Å²) in [5.41, 5.74) is 0.929. The van der Waals surface area contributed by atoms with Crippen LogP contribution in [0.1, 0.15) is 12.1 Å². The molecular formula is C9H10N3O2W-3. The molecule has 15 heavy (non-hydrogen) atoms. The zero-order valence-corrected chi connectivity index (χ0v) is 11.1. The Bertz CT molecular complexity index is 280. The van der Waals surface area contributed by atoms with E-state index in [4.69, 9.17) is 0 Å². The second-order valence-electron chi connectivity index (χ2n) is 2.19. The maximum Gasteiger partial charge on any atom is 0.0713 e. The quantitative estimate of drug-likeness (QED) is 0.582. The summed E-state index contributed by atoms with van der Waals surface area (Å²) in [5, 5.41) is 1.79. The first kappa shape index (κ1) is 16.3. The maximum absolute atomic E-state index is 9.98. The summed E-state index contributed by atoms with van der Waals surface area (Å²) in [6, 6.07) is 0. The first-order valence-electron chi connectivity index (χ1n) is 3.80. The van der Waals surface area contributed by atoms with Crippen molar-refractivity contribution in [2.24, 2.45) is 0 Å². The molecule has 0 aliphatic carbocycles. The van der Waals surface area contributed by atoms with E-state index in [2.05, 4.69) is 23.1 Å². The van der Waals surface area contributed by atoms with Crippen molar-refractivity contribution >= 4 is 12.3 Å². The molecular weight excluding hydrogens is 366 g/mol. The Morgan fingerprint density at radius 1 is 1.73 bits per heavy atom. The SMILES string of the molecule is Cc1cn[c-]cn1.[CH2-]CC(=O)N[C-]=O.[W]. The molecule has 0 saturated carbocycles. The van der Waals surface area contributed by atoms with Gasteiger partial charge < -0.3 is 26.8 Å². The summed E-state index contributed by atoms with van der Waals surface area (Å²) in [6.45, 7) is 5.10. The van der Waals surface area contributed by atoms with Crippen molar-refractivity contribution in [3.05, 3.63) is 31.2 Å². The molecule has 0 aromatic carbocycles. The Balaban J connectivity index is 0. The zero-order chi connectivity index (χ0) is 10.8. The molecule has 1 aromatic rings. The number of carbonyl (C=O) groups excluding carboxylic acids is 2. The van der Waals surface area contributed by atoms with E-state index >= 15 is 0 Å². The van der Waals surface area contributed by atoms with Crippen molar-refractivity contribution in [3.63, 3.8) is 0 Å². The summed E-state index contributed by atoms with van der Waals surface area (Å²) < 4.78 is 0. The average molecular weight is 376 g/mol. The number of hydrogen-bond donors (Lipinski definition) is 1. The van der Waals surface area contributed by atoms with E-state index in [0.717, 1.165) is 5.69 Å². The second-order valence-corrected chi connectivity index (χ2v) is 2.19. The summed E-state index contributed by atoms with van der Waals surface area (Å²) in [4.78, 5) is 26.8. The molecule has 1 N–H and O–H groups in total. The van der Waals surface area contributed by atoms with Crippen LogP contribution in [0, 0.1) is 20.0 Å². The van der Waals surface area contributed by atoms with Gasteiger partial charge in [0, 0.05) is 27.0 Å². The molecule has 0 atom stereocenters. The van der Waals surface area contributed by atoms with Crippen LogP contribution in [0.15, 0.2) is 12.4 Å². The number of amides is 2. The minimum Gasteiger partial charge on any atom is -0.464 e. The van der Waals surface area contributed by atoms with E-state index in [9.17, 15) is 9.59 Å².